The Morgan fingerprint density at radius 3 is 2.64 bits per heavy atom. The van der Waals surface area contributed by atoms with E-state index in [9.17, 15) is 4.79 Å². The Morgan fingerprint density at radius 1 is 1.23 bits per heavy atom. The summed E-state index contributed by atoms with van der Waals surface area (Å²) in [7, 11) is 0. The SMILES string of the molecule is CC(C)C(=O)Nc1n[nH]c2c1CN(C(C)c1ccccc1)C2. The number of carbonyl (C=O) groups excluding carboxylic acids is 1. The number of anilines is 1. The van der Waals surface area contributed by atoms with Gasteiger partial charge in [-0.3, -0.25) is 14.8 Å². The third-order valence-electron chi connectivity index (χ3n) is 4.27. The van der Waals surface area contributed by atoms with Crippen LogP contribution in [0.2, 0.25) is 0 Å². The summed E-state index contributed by atoms with van der Waals surface area (Å²) in [4.78, 5) is 14.2. The molecular weight excluding hydrogens is 276 g/mol. The molecule has 2 heterocycles. The molecule has 0 saturated carbocycles. The van der Waals surface area contributed by atoms with Crippen molar-refractivity contribution in [2.45, 2.75) is 39.9 Å². The topological polar surface area (TPSA) is 61.0 Å². The van der Waals surface area contributed by atoms with Crippen LogP contribution in [0.3, 0.4) is 0 Å². The van der Waals surface area contributed by atoms with Crippen molar-refractivity contribution in [3.05, 3.63) is 47.2 Å². The summed E-state index contributed by atoms with van der Waals surface area (Å²) < 4.78 is 0. The van der Waals surface area contributed by atoms with Crippen LogP contribution in [0.5, 0.6) is 0 Å². The van der Waals surface area contributed by atoms with Crippen LogP contribution >= 0.6 is 0 Å². The summed E-state index contributed by atoms with van der Waals surface area (Å²) in [5.41, 5.74) is 3.51. The van der Waals surface area contributed by atoms with Gasteiger partial charge in [-0.05, 0) is 12.5 Å². The molecule has 1 aromatic heterocycles. The number of nitrogens with zero attached hydrogens (tertiary/aromatic N) is 2. The van der Waals surface area contributed by atoms with E-state index in [1.807, 2.05) is 19.9 Å². The van der Waals surface area contributed by atoms with E-state index in [1.54, 1.807) is 0 Å². The van der Waals surface area contributed by atoms with Crippen LogP contribution in [-0.2, 0) is 17.9 Å². The van der Waals surface area contributed by atoms with Gasteiger partial charge in [-0.25, -0.2) is 0 Å². The molecule has 1 atom stereocenters. The van der Waals surface area contributed by atoms with E-state index < -0.39 is 0 Å². The second kappa shape index (κ2) is 5.93. The van der Waals surface area contributed by atoms with Crippen LogP contribution in [0.15, 0.2) is 30.3 Å². The first-order chi connectivity index (χ1) is 10.6. The van der Waals surface area contributed by atoms with Gasteiger partial charge in [0.15, 0.2) is 5.82 Å². The minimum absolute atomic E-state index is 0.00357. The van der Waals surface area contributed by atoms with E-state index in [1.165, 1.54) is 5.56 Å². The number of amides is 1. The van der Waals surface area contributed by atoms with E-state index in [0.717, 1.165) is 24.3 Å². The number of H-pyrrole nitrogens is 1. The smallest absolute Gasteiger partial charge is 0.228 e. The fourth-order valence-corrected chi connectivity index (χ4v) is 2.75. The molecule has 0 radical (unpaired) electrons. The van der Waals surface area contributed by atoms with Gasteiger partial charge in [-0.15, -0.1) is 0 Å². The summed E-state index contributed by atoms with van der Waals surface area (Å²) >= 11 is 0. The number of benzene rings is 1. The minimum atomic E-state index is -0.0481. The number of hydrogen-bond acceptors (Lipinski definition) is 3. The van der Waals surface area contributed by atoms with Crippen molar-refractivity contribution in [1.29, 1.82) is 0 Å². The first kappa shape index (κ1) is 14.8. The van der Waals surface area contributed by atoms with Crippen molar-refractivity contribution in [3.63, 3.8) is 0 Å². The molecule has 1 aliphatic heterocycles. The average molecular weight is 298 g/mol. The van der Waals surface area contributed by atoms with Gasteiger partial charge in [0.05, 0.1) is 5.69 Å². The molecule has 1 amide bonds. The van der Waals surface area contributed by atoms with Crippen LogP contribution < -0.4 is 5.32 Å². The maximum absolute atomic E-state index is 11.9. The van der Waals surface area contributed by atoms with Crippen molar-refractivity contribution in [2.24, 2.45) is 5.92 Å². The Labute approximate surface area is 130 Å². The van der Waals surface area contributed by atoms with E-state index in [-0.39, 0.29) is 11.8 Å². The summed E-state index contributed by atoms with van der Waals surface area (Å²) in [6, 6.07) is 10.8. The molecule has 1 aromatic carbocycles. The van der Waals surface area contributed by atoms with Gasteiger partial charge in [-0.2, -0.15) is 5.10 Å². The Kier molecular flexibility index (Phi) is 3.98. The van der Waals surface area contributed by atoms with Crippen LogP contribution in [-0.4, -0.2) is 21.0 Å². The lowest BCUT2D eigenvalue weighted by molar-refractivity contribution is -0.118. The van der Waals surface area contributed by atoms with E-state index in [0.29, 0.717) is 11.9 Å². The van der Waals surface area contributed by atoms with Gasteiger partial charge < -0.3 is 5.32 Å². The van der Waals surface area contributed by atoms with Crippen LogP contribution in [0.25, 0.3) is 0 Å². The van der Waals surface area contributed by atoms with Gasteiger partial charge in [0.1, 0.15) is 0 Å². The Morgan fingerprint density at radius 2 is 1.95 bits per heavy atom. The molecule has 22 heavy (non-hydrogen) atoms. The summed E-state index contributed by atoms with van der Waals surface area (Å²) in [6.45, 7) is 7.60. The second-order valence-corrected chi connectivity index (χ2v) is 6.16. The lowest BCUT2D eigenvalue weighted by atomic mass is 10.1. The number of carbonyl (C=O) groups is 1. The lowest BCUT2D eigenvalue weighted by Gasteiger charge is -2.24. The Bertz CT molecular complexity index is 663. The highest BCUT2D eigenvalue weighted by Crippen LogP contribution is 2.33. The van der Waals surface area contributed by atoms with Gasteiger partial charge in [0, 0.05) is 30.6 Å². The number of nitrogens with one attached hydrogen (secondary N) is 2. The molecule has 0 aliphatic carbocycles. The zero-order valence-electron chi connectivity index (χ0n) is 13.3. The maximum atomic E-state index is 11.9. The third kappa shape index (κ3) is 2.76. The molecular formula is C17H22N4O. The summed E-state index contributed by atoms with van der Waals surface area (Å²) in [6.07, 6.45) is 0. The standard InChI is InChI=1S/C17H22N4O/c1-11(2)17(22)18-16-14-9-21(10-15(14)19-20-16)12(3)13-7-5-4-6-8-13/h4-8,11-12H,9-10H2,1-3H3,(H2,18,19,20,22). The van der Waals surface area contributed by atoms with Crippen LogP contribution in [0.1, 0.15) is 43.6 Å². The first-order valence-corrected chi connectivity index (χ1v) is 7.72. The van der Waals surface area contributed by atoms with E-state index >= 15 is 0 Å². The highest BCUT2D eigenvalue weighted by atomic mass is 16.1. The quantitative estimate of drug-likeness (QED) is 0.912. The molecule has 2 N–H and O–H groups in total. The van der Waals surface area contributed by atoms with Crippen molar-refractivity contribution >= 4 is 11.7 Å². The van der Waals surface area contributed by atoms with Crippen LogP contribution in [0, 0.1) is 5.92 Å². The molecule has 1 aliphatic rings. The highest BCUT2D eigenvalue weighted by Gasteiger charge is 2.29. The Balaban J connectivity index is 1.73. The van der Waals surface area contributed by atoms with E-state index in [4.69, 9.17) is 0 Å². The molecule has 0 spiro atoms. The average Bonchev–Trinajstić information content (AvgIpc) is 3.09. The predicted molar refractivity (Wildman–Crippen MR) is 86.2 cm³/mol. The first-order valence-electron chi connectivity index (χ1n) is 7.72. The highest BCUT2D eigenvalue weighted by molar-refractivity contribution is 5.91. The predicted octanol–water partition coefficient (Wildman–Crippen LogP) is 3.08. The second-order valence-electron chi connectivity index (χ2n) is 6.16. The minimum Gasteiger partial charge on any atom is -0.309 e. The fourth-order valence-electron chi connectivity index (χ4n) is 2.75. The summed E-state index contributed by atoms with van der Waals surface area (Å²) in [5, 5.41) is 10.2. The van der Waals surface area contributed by atoms with E-state index in [2.05, 4.69) is 51.6 Å². The monoisotopic (exact) mass is 298 g/mol. The fraction of sp³-hybridized carbons (Fsp3) is 0.412. The maximum Gasteiger partial charge on any atom is 0.228 e. The largest absolute Gasteiger partial charge is 0.309 e. The van der Waals surface area contributed by atoms with Crippen molar-refractivity contribution < 1.29 is 4.79 Å². The van der Waals surface area contributed by atoms with Gasteiger partial charge in [0.2, 0.25) is 5.91 Å². The number of aromatic amines is 1. The zero-order valence-corrected chi connectivity index (χ0v) is 13.3. The van der Waals surface area contributed by atoms with Crippen molar-refractivity contribution in [1.82, 2.24) is 15.1 Å². The number of hydrogen-bond donors (Lipinski definition) is 2. The molecule has 2 aromatic rings. The molecule has 0 saturated heterocycles. The Hall–Kier alpha value is -2.14. The third-order valence-corrected chi connectivity index (χ3v) is 4.27. The molecule has 3 rings (SSSR count). The zero-order chi connectivity index (χ0) is 15.7. The molecule has 5 nitrogen and oxygen atoms in total. The van der Waals surface area contributed by atoms with Crippen molar-refractivity contribution in [2.75, 3.05) is 5.32 Å². The molecule has 116 valence electrons. The molecule has 0 bridgehead atoms. The number of rotatable bonds is 4. The van der Waals surface area contributed by atoms with Gasteiger partial charge in [0.25, 0.3) is 0 Å². The molecule has 5 heteroatoms. The number of fused-ring (bicyclic) bond motifs is 1. The van der Waals surface area contributed by atoms with Gasteiger partial charge >= 0.3 is 0 Å². The molecule has 1 unspecified atom stereocenters. The number of aromatic nitrogens is 2. The summed E-state index contributed by atoms with van der Waals surface area (Å²) in [5.74, 6) is 0.633. The van der Waals surface area contributed by atoms with Crippen LogP contribution in [0.4, 0.5) is 5.82 Å². The molecule has 0 fully saturated rings. The van der Waals surface area contributed by atoms with Crippen molar-refractivity contribution in [3.8, 4) is 0 Å². The van der Waals surface area contributed by atoms with Gasteiger partial charge in [-0.1, -0.05) is 44.2 Å². The normalized spacial score (nSPS) is 15.8. The lowest BCUT2D eigenvalue weighted by Crippen LogP contribution is -2.22.